The van der Waals surface area contributed by atoms with Gasteiger partial charge in [0.25, 0.3) is 0 Å². The largest absolute Gasteiger partial charge is 0.410 e. The molecule has 0 N–H and O–H groups in total. The third-order valence-corrected chi connectivity index (χ3v) is 9.40. The van der Waals surface area contributed by atoms with Gasteiger partial charge in [0.15, 0.2) is 8.32 Å². The topological polar surface area (TPSA) is 9.23 Å². The average molecular weight is 267 g/mol. The van der Waals surface area contributed by atoms with Gasteiger partial charge in [0, 0.05) is 0 Å². The van der Waals surface area contributed by atoms with Crippen molar-refractivity contribution >= 4 is 8.32 Å². The predicted octanol–water partition coefficient (Wildman–Crippen LogP) is 5.31. The number of hydrogen-bond acceptors (Lipinski definition) is 1. The van der Waals surface area contributed by atoms with Crippen molar-refractivity contribution in [3.05, 3.63) is 23.8 Å². The van der Waals surface area contributed by atoms with E-state index >= 15 is 0 Å². The molecule has 2 heteroatoms. The molecule has 0 bridgehead atoms. The van der Waals surface area contributed by atoms with E-state index in [0.29, 0.717) is 12.0 Å². The lowest BCUT2D eigenvalue weighted by molar-refractivity contribution is 0.185. The molecular formula is C16H30OSi. The average Bonchev–Trinajstić information content (AvgIpc) is 2.38. The Kier molecular flexibility index (Phi) is 5.86. The van der Waals surface area contributed by atoms with E-state index in [-0.39, 0.29) is 0 Å². The maximum Gasteiger partial charge on any atom is 0.192 e. The van der Waals surface area contributed by atoms with Gasteiger partial charge in [0.05, 0.1) is 6.10 Å². The van der Waals surface area contributed by atoms with E-state index in [0.717, 1.165) is 12.8 Å². The number of rotatable bonds is 6. The molecular weight excluding hydrogens is 236 g/mol. The lowest BCUT2D eigenvalue weighted by Gasteiger charge is -2.37. The lowest BCUT2D eigenvalue weighted by atomic mass is 9.84. The van der Waals surface area contributed by atoms with Crippen molar-refractivity contribution < 1.29 is 4.43 Å². The maximum atomic E-state index is 6.65. The van der Waals surface area contributed by atoms with E-state index in [1.807, 2.05) is 0 Å². The van der Waals surface area contributed by atoms with Gasteiger partial charge in [-0.25, -0.2) is 0 Å². The summed E-state index contributed by atoms with van der Waals surface area (Å²) in [6.45, 7) is 15.4. The van der Waals surface area contributed by atoms with E-state index in [4.69, 9.17) is 4.43 Å². The van der Waals surface area contributed by atoms with Crippen molar-refractivity contribution in [3.63, 3.8) is 0 Å². The van der Waals surface area contributed by atoms with Crippen LogP contribution in [0.15, 0.2) is 23.8 Å². The van der Waals surface area contributed by atoms with Crippen LogP contribution >= 0.6 is 0 Å². The summed E-state index contributed by atoms with van der Waals surface area (Å²) in [4.78, 5) is 0. The molecule has 2 atom stereocenters. The van der Waals surface area contributed by atoms with E-state index in [1.54, 1.807) is 0 Å². The van der Waals surface area contributed by atoms with Crippen molar-refractivity contribution in [2.24, 2.45) is 5.92 Å². The van der Waals surface area contributed by atoms with Crippen LogP contribution in [0.5, 0.6) is 0 Å². The van der Waals surface area contributed by atoms with E-state index < -0.39 is 8.32 Å². The summed E-state index contributed by atoms with van der Waals surface area (Å²) in [6.07, 6.45) is 5.02. The summed E-state index contributed by atoms with van der Waals surface area (Å²) in [5, 5.41) is 0. The zero-order chi connectivity index (χ0) is 13.8. The summed E-state index contributed by atoms with van der Waals surface area (Å²) in [7, 11) is -1.48. The molecule has 0 spiro atoms. The third kappa shape index (κ3) is 3.58. The Balaban J connectivity index is 2.78. The van der Waals surface area contributed by atoms with Gasteiger partial charge >= 0.3 is 0 Å². The molecule has 0 amide bonds. The second-order valence-corrected chi connectivity index (χ2v) is 10.5. The van der Waals surface area contributed by atoms with Crippen molar-refractivity contribution in [2.75, 3.05) is 0 Å². The summed E-state index contributed by atoms with van der Waals surface area (Å²) in [6, 6.07) is 3.71. The molecule has 0 aromatic carbocycles. The molecule has 18 heavy (non-hydrogen) atoms. The van der Waals surface area contributed by atoms with Crippen LogP contribution < -0.4 is 0 Å². The van der Waals surface area contributed by atoms with Gasteiger partial charge in [-0.1, -0.05) is 39.0 Å². The quantitative estimate of drug-likeness (QED) is 0.467. The minimum absolute atomic E-state index is 0.354. The molecule has 0 fully saturated rings. The van der Waals surface area contributed by atoms with Gasteiger partial charge < -0.3 is 4.43 Å². The van der Waals surface area contributed by atoms with Gasteiger partial charge in [-0.3, -0.25) is 0 Å². The number of allylic oxidation sites excluding steroid dienone is 2. The molecule has 0 radical (unpaired) electrons. The molecule has 1 rings (SSSR count). The van der Waals surface area contributed by atoms with Crippen molar-refractivity contribution in [1.82, 2.24) is 0 Å². The first kappa shape index (κ1) is 15.7. The molecule has 0 heterocycles. The van der Waals surface area contributed by atoms with Crippen LogP contribution in [0.2, 0.25) is 18.1 Å². The van der Waals surface area contributed by atoms with Crippen LogP contribution in [-0.2, 0) is 4.43 Å². The Hall–Kier alpha value is -0.343. The van der Waals surface area contributed by atoms with Gasteiger partial charge in [-0.15, -0.1) is 0 Å². The molecule has 1 aliphatic carbocycles. The van der Waals surface area contributed by atoms with E-state index in [9.17, 15) is 0 Å². The van der Waals surface area contributed by atoms with E-state index in [2.05, 4.69) is 47.3 Å². The Morgan fingerprint density at radius 2 is 1.89 bits per heavy atom. The summed E-state index contributed by atoms with van der Waals surface area (Å²) < 4.78 is 6.65. The highest BCUT2D eigenvalue weighted by molar-refractivity contribution is 6.73. The van der Waals surface area contributed by atoms with Crippen molar-refractivity contribution in [2.45, 2.75) is 71.7 Å². The molecule has 1 aliphatic rings. The monoisotopic (exact) mass is 266 g/mol. The Morgan fingerprint density at radius 1 is 1.33 bits per heavy atom. The molecule has 0 aromatic rings. The summed E-state index contributed by atoms with van der Waals surface area (Å²) in [5.41, 5.74) is 2.75. The lowest BCUT2D eigenvalue weighted by Crippen LogP contribution is -2.41. The minimum atomic E-state index is -1.48. The number of hydrogen-bond donors (Lipinski definition) is 0. The highest BCUT2D eigenvalue weighted by Gasteiger charge is 2.34. The Morgan fingerprint density at radius 3 is 2.33 bits per heavy atom. The van der Waals surface area contributed by atoms with Crippen LogP contribution in [-0.4, -0.2) is 14.4 Å². The molecule has 0 saturated heterocycles. The van der Waals surface area contributed by atoms with Crippen LogP contribution in [0.3, 0.4) is 0 Å². The Labute approximate surface area is 114 Å². The predicted molar refractivity (Wildman–Crippen MR) is 83.4 cm³/mol. The summed E-state index contributed by atoms with van der Waals surface area (Å²) >= 11 is 0. The maximum absolute atomic E-state index is 6.65. The van der Waals surface area contributed by atoms with Gasteiger partial charge in [-0.2, -0.15) is 0 Å². The van der Waals surface area contributed by atoms with Crippen molar-refractivity contribution in [1.29, 1.82) is 0 Å². The minimum Gasteiger partial charge on any atom is -0.410 e. The Bertz CT molecular complexity index is 307. The van der Waals surface area contributed by atoms with Gasteiger partial charge in [-0.05, 0) is 56.3 Å². The fraction of sp³-hybridized carbons (Fsp3) is 0.750. The molecule has 0 aromatic heterocycles. The zero-order valence-corrected chi connectivity index (χ0v) is 13.9. The standard InChI is InChI=1S/C16H30OSi/c1-7-18(8-2,9-3)17-16-12-15(13(4)5)11-10-14(16)6/h10,15-16H,4,7-9,11-12H2,1-3,5-6H3/t15-,16?/m0/s1. The fourth-order valence-electron chi connectivity index (χ4n) is 2.85. The first-order valence-corrected chi connectivity index (χ1v) is 10.0. The van der Waals surface area contributed by atoms with E-state index in [1.165, 1.54) is 29.3 Å². The molecule has 1 nitrogen and oxygen atoms in total. The van der Waals surface area contributed by atoms with Crippen LogP contribution in [0.4, 0.5) is 0 Å². The fourth-order valence-corrected chi connectivity index (χ4v) is 5.73. The highest BCUT2D eigenvalue weighted by Crippen LogP contribution is 2.34. The molecule has 1 unspecified atom stereocenters. The SMILES string of the molecule is C=C(C)[C@H]1CC=C(C)C(O[Si](CC)(CC)CC)C1. The second-order valence-electron chi connectivity index (χ2n) is 5.81. The van der Waals surface area contributed by atoms with Crippen molar-refractivity contribution in [3.8, 4) is 0 Å². The summed E-state index contributed by atoms with van der Waals surface area (Å²) in [5.74, 6) is 0.621. The third-order valence-electron chi connectivity index (χ3n) is 4.75. The first-order chi connectivity index (χ1) is 8.48. The van der Waals surface area contributed by atoms with Gasteiger partial charge in [0.1, 0.15) is 0 Å². The normalized spacial score (nSPS) is 24.8. The van der Waals surface area contributed by atoms with Crippen LogP contribution in [0.1, 0.15) is 47.5 Å². The van der Waals surface area contributed by atoms with Crippen LogP contribution in [0.25, 0.3) is 0 Å². The second kappa shape index (κ2) is 6.72. The molecule has 104 valence electrons. The molecule has 0 aliphatic heterocycles. The first-order valence-electron chi connectivity index (χ1n) is 7.47. The highest BCUT2D eigenvalue weighted by atomic mass is 28.4. The van der Waals surface area contributed by atoms with Gasteiger partial charge in [0.2, 0.25) is 0 Å². The zero-order valence-electron chi connectivity index (χ0n) is 12.9. The van der Waals surface area contributed by atoms with Crippen LogP contribution in [0, 0.1) is 5.92 Å². The molecule has 0 saturated carbocycles. The smallest absolute Gasteiger partial charge is 0.192 e.